The molecule has 0 aliphatic carbocycles. The lowest BCUT2D eigenvalue weighted by atomic mass is 10.0. The molecule has 4 nitrogen and oxygen atoms in total. The fourth-order valence-corrected chi connectivity index (χ4v) is 3.04. The summed E-state index contributed by atoms with van der Waals surface area (Å²) in [5, 5.41) is 3.35. The first kappa shape index (κ1) is 16.1. The third-order valence-electron chi connectivity index (χ3n) is 4.51. The van der Waals surface area contributed by atoms with Gasteiger partial charge in [-0.1, -0.05) is 6.07 Å². The molecule has 1 aromatic carbocycles. The van der Waals surface area contributed by atoms with Crippen molar-refractivity contribution in [1.29, 1.82) is 0 Å². The molecule has 1 saturated heterocycles. The highest BCUT2D eigenvalue weighted by Gasteiger charge is 2.23. The van der Waals surface area contributed by atoms with E-state index in [1.54, 1.807) is 7.11 Å². The average Bonchev–Trinajstić information content (AvgIpc) is 2.53. The number of ether oxygens (including phenoxy) is 1. The van der Waals surface area contributed by atoms with E-state index in [-0.39, 0.29) is 6.04 Å². The number of methoxy groups -OCH3 is 1. The topological polar surface area (TPSA) is 27.7 Å². The fraction of sp³-hybridized carbons (Fsp3) is 0.647. The van der Waals surface area contributed by atoms with E-state index in [1.165, 1.54) is 11.3 Å². The van der Waals surface area contributed by atoms with Crippen molar-refractivity contribution in [2.45, 2.75) is 32.9 Å². The van der Waals surface area contributed by atoms with Crippen LogP contribution in [-0.2, 0) is 0 Å². The third kappa shape index (κ3) is 3.50. The summed E-state index contributed by atoms with van der Waals surface area (Å²) >= 11 is 0. The summed E-state index contributed by atoms with van der Waals surface area (Å²) in [4.78, 5) is 5.03. The molecule has 1 atom stereocenters. The van der Waals surface area contributed by atoms with Crippen LogP contribution in [0.2, 0.25) is 0 Å². The van der Waals surface area contributed by atoms with E-state index in [0.29, 0.717) is 6.04 Å². The lowest BCUT2D eigenvalue weighted by molar-refractivity contribution is 0.209. The van der Waals surface area contributed by atoms with Crippen LogP contribution in [-0.4, -0.2) is 51.3 Å². The minimum absolute atomic E-state index is 0.277. The Bertz CT molecular complexity index is 453. The van der Waals surface area contributed by atoms with Gasteiger partial charge in [-0.15, -0.1) is 0 Å². The maximum atomic E-state index is 5.58. The molecule has 0 spiro atoms. The zero-order valence-electron chi connectivity index (χ0n) is 14.0. The second-order valence-electron chi connectivity index (χ2n) is 6.02. The van der Waals surface area contributed by atoms with Gasteiger partial charge in [-0.2, -0.15) is 0 Å². The van der Waals surface area contributed by atoms with Gasteiger partial charge in [0, 0.05) is 49.5 Å². The van der Waals surface area contributed by atoms with Crippen molar-refractivity contribution in [2.24, 2.45) is 0 Å². The molecule has 0 radical (unpaired) electrons. The molecule has 2 rings (SSSR count). The highest BCUT2D eigenvalue weighted by molar-refractivity contribution is 5.61. The van der Waals surface area contributed by atoms with Crippen LogP contribution < -0.4 is 15.0 Å². The van der Waals surface area contributed by atoms with Crippen molar-refractivity contribution in [3.8, 4) is 5.75 Å². The number of hydrogen-bond acceptors (Lipinski definition) is 4. The molecule has 4 heteroatoms. The van der Waals surface area contributed by atoms with Crippen LogP contribution in [0.4, 0.5) is 5.69 Å². The molecule has 118 valence electrons. The molecule has 1 heterocycles. The standard InChI is InChI=1S/C17H29N3O/c1-13(2)19-9-11-20(12-10-19)15-7-6-8-16(21-5)17(15)14(3)18-4/h6-8,13-14,18H,9-12H2,1-5H3. The monoisotopic (exact) mass is 291 g/mol. The quantitative estimate of drug-likeness (QED) is 0.902. The number of benzene rings is 1. The van der Waals surface area contributed by atoms with Gasteiger partial charge in [0.15, 0.2) is 0 Å². The third-order valence-corrected chi connectivity index (χ3v) is 4.51. The van der Waals surface area contributed by atoms with Crippen molar-refractivity contribution < 1.29 is 4.74 Å². The van der Waals surface area contributed by atoms with Crippen molar-refractivity contribution in [2.75, 3.05) is 45.2 Å². The predicted molar refractivity (Wildman–Crippen MR) is 89.4 cm³/mol. The fourth-order valence-electron chi connectivity index (χ4n) is 3.04. The van der Waals surface area contributed by atoms with Crippen LogP contribution in [0.1, 0.15) is 32.4 Å². The molecule has 0 amide bonds. The van der Waals surface area contributed by atoms with Crippen molar-refractivity contribution in [3.63, 3.8) is 0 Å². The Hall–Kier alpha value is -1.26. The maximum absolute atomic E-state index is 5.58. The Morgan fingerprint density at radius 3 is 2.29 bits per heavy atom. The van der Waals surface area contributed by atoms with Gasteiger partial charge < -0.3 is 15.0 Å². The first-order chi connectivity index (χ1) is 10.1. The molecule has 1 aromatic rings. The van der Waals surface area contributed by atoms with Crippen LogP contribution in [0, 0.1) is 0 Å². The molecule has 21 heavy (non-hydrogen) atoms. The summed E-state index contributed by atoms with van der Waals surface area (Å²) in [5.74, 6) is 0.973. The van der Waals surface area contributed by atoms with Gasteiger partial charge in [-0.05, 0) is 40.0 Å². The molecule has 1 unspecified atom stereocenters. The number of hydrogen-bond donors (Lipinski definition) is 1. The van der Waals surface area contributed by atoms with Gasteiger partial charge in [0.25, 0.3) is 0 Å². The minimum atomic E-state index is 0.277. The molecular weight excluding hydrogens is 262 g/mol. The summed E-state index contributed by atoms with van der Waals surface area (Å²) in [6.45, 7) is 11.1. The van der Waals surface area contributed by atoms with E-state index in [9.17, 15) is 0 Å². The Balaban J connectivity index is 2.24. The summed E-state index contributed by atoms with van der Waals surface area (Å²) < 4.78 is 5.58. The molecule has 1 N–H and O–H groups in total. The largest absolute Gasteiger partial charge is 0.496 e. The van der Waals surface area contributed by atoms with Crippen LogP contribution in [0.25, 0.3) is 0 Å². The lowest BCUT2D eigenvalue weighted by Crippen LogP contribution is -2.49. The highest BCUT2D eigenvalue weighted by atomic mass is 16.5. The zero-order valence-corrected chi connectivity index (χ0v) is 14.0. The molecule has 1 fully saturated rings. The number of rotatable bonds is 5. The van der Waals surface area contributed by atoms with Gasteiger partial charge in [-0.3, -0.25) is 4.90 Å². The van der Waals surface area contributed by atoms with Crippen molar-refractivity contribution >= 4 is 5.69 Å². The summed E-state index contributed by atoms with van der Waals surface area (Å²) in [7, 11) is 3.75. The zero-order chi connectivity index (χ0) is 15.4. The van der Waals surface area contributed by atoms with E-state index in [1.807, 2.05) is 7.05 Å². The number of anilines is 1. The molecule has 0 bridgehead atoms. The molecule has 0 aromatic heterocycles. The van der Waals surface area contributed by atoms with E-state index >= 15 is 0 Å². The van der Waals surface area contributed by atoms with E-state index in [2.05, 4.69) is 54.1 Å². The van der Waals surface area contributed by atoms with Crippen molar-refractivity contribution in [1.82, 2.24) is 10.2 Å². The van der Waals surface area contributed by atoms with Gasteiger partial charge in [-0.25, -0.2) is 0 Å². The van der Waals surface area contributed by atoms with Crippen molar-refractivity contribution in [3.05, 3.63) is 23.8 Å². The Morgan fingerprint density at radius 1 is 1.10 bits per heavy atom. The van der Waals surface area contributed by atoms with Crippen LogP contribution in [0.15, 0.2) is 18.2 Å². The Labute approximate surface area is 129 Å². The normalized spacial score (nSPS) is 18.1. The van der Waals surface area contributed by atoms with Gasteiger partial charge in [0.05, 0.1) is 7.11 Å². The maximum Gasteiger partial charge on any atom is 0.125 e. The van der Waals surface area contributed by atoms with E-state index < -0.39 is 0 Å². The van der Waals surface area contributed by atoms with E-state index in [0.717, 1.165) is 31.9 Å². The SMILES string of the molecule is CNC(C)c1c(OC)cccc1N1CCN(C(C)C)CC1. The summed E-state index contributed by atoms with van der Waals surface area (Å²) in [5.41, 5.74) is 2.57. The minimum Gasteiger partial charge on any atom is -0.496 e. The predicted octanol–water partition coefficient (Wildman–Crippen LogP) is 2.51. The Morgan fingerprint density at radius 2 is 1.76 bits per heavy atom. The Kier molecular flexibility index (Phi) is 5.48. The first-order valence-electron chi connectivity index (χ1n) is 7.91. The lowest BCUT2D eigenvalue weighted by Gasteiger charge is -2.39. The number of nitrogens with zero attached hydrogens (tertiary/aromatic N) is 2. The van der Waals surface area contributed by atoms with Gasteiger partial charge >= 0.3 is 0 Å². The number of nitrogens with one attached hydrogen (secondary N) is 1. The average molecular weight is 291 g/mol. The van der Waals surface area contributed by atoms with Crippen LogP contribution in [0.5, 0.6) is 5.75 Å². The summed E-state index contributed by atoms with van der Waals surface area (Å²) in [6.07, 6.45) is 0. The number of piperazine rings is 1. The second-order valence-corrected chi connectivity index (χ2v) is 6.02. The van der Waals surface area contributed by atoms with Gasteiger partial charge in [0.2, 0.25) is 0 Å². The van der Waals surface area contributed by atoms with Gasteiger partial charge in [0.1, 0.15) is 5.75 Å². The molecule has 1 aliphatic rings. The first-order valence-corrected chi connectivity index (χ1v) is 7.91. The van der Waals surface area contributed by atoms with E-state index in [4.69, 9.17) is 4.74 Å². The smallest absolute Gasteiger partial charge is 0.125 e. The molecule has 1 aliphatic heterocycles. The van der Waals surface area contributed by atoms with Crippen LogP contribution >= 0.6 is 0 Å². The van der Waals surface area contributed by atoms with Crippen LogP contribution in [0.3, 0.4) is 0 Å². The molecule has 0 saturated carbocycles. The second kappa shape index (κ2) is 7.14. The molecular formula is C17H29N3O. The highest BCUT2D eigenvalue weighted by Crippen LogP contribution is 2.35. The summed E-state index contributed by atoms with van der Waals surface area (Å²) in [6, 6.07) is 7.27.